The molecule has 9 rings (SSSR count). The Morgan fingerprint density at radius 1 is 0.314 bits per heavy atom. The first kappa shape index (κ1) is 18.3. The average molecular weight is 665 g/mol. The van der Waals surface area contributed by atoms with E-state index in [2.05, 4.69) is 0 Å². The lowest BCUT2D eigenvalue weighted by Gasteiger charge is -2.26. The lowest BCUT2D eigenvalue weighted by Crippen LogP contribution is -2.09. The summed E-state index contributed by atoms with van der Waals surface area (Å²) in [6.07, 6.45) is 0. The van der Waals surface area contributed by atoms with Gasteiger partial charge in [-0.2, -0.15) is 0 Å². The van der Waals surface area contributed by atoms with Crippen molar-refractivity contribution in [3.63, 3.8) is 0 Å². The van der Waals surface area contributed by atoms with Crippen LogP contribution in [-0.2, 0) is 0 Å². The molecule has 0 radical (unpaired) electrons. The van der Waals surface area contributed by atoms with Gasteiger partial charge in [0.25, 0.3) is 0 Å². The Kier molecular flexibility index (Phi) is 4.79. The molecule has 0 N–H and O–H groups in total. The molecule has 0 aromatic heterocycles. The largest absolute Gasteiger partial charge is 0.311 e. The summed E-state index contributed by atoms with van der Waals surface area (Å²) in [7, 11) is 0. The second-order valence-electron chi connectivity index (χ2n) is 11.8. The molecular formula is C50H35N. The maximum Gasteiger partial charge on any atom is 0.0645 e. The smallest absolute Gasteiger partial charge is 0.0645 e. The van der Waals surface area contributed by atoms with Crippen molar-refractivity contribution in [2.75, 3.05) is 4.90 Å². The molecule has 0 unspecified atom stereocenters. The highest BCUT2D eigenvalue weighted by Gasteiger charge is 2.16. The first-order valence-electron chi connectivity index (χ1n) is 23.8. The lowest BCUT2D eigenvalue weighted by molar-refractivity contribution is 1.28. The minimum atomic E-state index is -0.786. The summed E-state index contributed by atoms with van der Waals surface area (Å²) < 4.78 is 135. The number of hydrogen-bond acceptors (Lipinski definition) is 1. The van der Waals surface area contributed by atoms with Gasteiger partial charge in [0.1, 0.15) is 0 Å². The van der Waals surface area contributed by atoms with Crippen molar-refractivity contribution in [2.45, 2.75) is 0 Å². The molecule has 9 aromatic carbocycles. The summed E-state index contributed by atoms with van der Waals surface area (Å²) in [5.74, 6) is 0. The second-order valence-corrected chi connectivity index (χ2v) is 11.8. The molecule has 9 aromatic rings. The average Bonchev–Trinajstić information content (AvgIpc) is 3.33. The quantitative estimate of drug-likeness (QED) is 0.164. The van der Waals surface area contributed by atoms with Crippen molar-refractivity contribution in [1.29, 1.82) is 0 Å². The van der Waals surface area contributed by atoms with E-state index >= 15 is 0 Å². The molecule has 0 aliphatic heterocycles. The van der Waals surface area contributed by atoms with Crippen molar-refractivity contribution in [3.8, 4) is 44.5 Å². The van der Waals surface area contributed by atoms with E-state index in [4.69, 9.17) is 9.60 Å². The van der Waals surface area contributed by atoms with Gasteiger partial charge in [-0.3, -0.25) is 0 Å². The van der Waals surface area contributed by atoms with Crippen LogP contribution in [0.2, 0.25) is 0 Å². The number of nitrogens with zero attached hydrogens (tertiary/aromatic N) is 1. The normalized spacial score (nSPS) is 15.3. The van der Waals surface area contributed by atoms with Gasteiger partial charge in [-0.15, -0.1) is 0 Å². The molecule has 240 valence electrons. The van der Waals surface area contributed by atoms with Crippen molar-refractivity contribution < 1.29 is 20.6 Å². The summed E-state index contributed by atoms with van der Waals surface area (Å²) in [6.45, 7) is 0. The van der Waals surface area contributed by atoms with E-state index in [0.29, 0.717) is 5.56 Å². The van der Waals surface area contributed by atoms with Crippen LogP contribution in [0.15, 0.2) is 212 Å². The van der Waals surface area contributed by atoms with Gasteiger partial charge in [-0.1, -0.05) is 176 Å². The van der Waals surface area contributed by atoms with Crippen molar-refractivity contribution in [3.05, 3.63) is 212 Å². The van der Waals surface area contributed by atoms with Crippen LogP contribution < -0.4 is 4.90 Å². The van der Waals surface area contributed by atoms with Crippen LogP contribution in [0, 0.1) is 0 Å². The molecule has 0 fully saturated rings. The van der Waals surface area contributed by atoms with E-state index < -0.39 is 118 Å². The standard InChI is InChI=1S/C50H35N/c1-3-12-36(13-4-1)37-22-29-43(30-23-37)51(44-31-24-41(25-32-44)47-21-11-18-38-16-7-9-19-46(38)47)45-33-26-42(27-34-45)50-48-20-10-8-17-40(48)28-35-49(50)39-14-5-2-6-15-39/h1-35H/i7D,9D,11D,16D,18D,19D,21D,22D,23D,24D,25D,29D,30D,31D,32D. The van der Waals surface area contributed by atoms with Gasteiger partial charge in [0.15, 0.2) is 0 Å². The third-order valence-corrected chi connectivity index (χ3v) is 8.72. The number of fused-ring (bicyclic) bond motifs is 2. The van der Waals surface area contributed by atoms with Gasteiger partial charge >= 0.3 is 0 Å². The molecule has 51 heavy (non-hydrogen) atoms. The van der Waals surface area contributed by atoms with Gasteiger partial charge in [-0.25, -0.2) is 0 Å². The Hall–Kier alpha value is -6.70. The maximum atomic E-state index is 9.57. The molecule has 0 heterocycles. The van der Waals surface area contributed by atoms with Crippen LogP contribution >= 0.6 is 0 Å². The van der Waals surface area contributed by atoms with Gasteiger partial charge in [0.2, 0.25) is 0 Å². The Labute approximate surface area is 320 Å². The van der Waals surface area contributed by atoms with Crippen LogP contribution in [0.5, 0.6) is 0 Å². The highest BCUT2D eigenvalue weighted by atomic mass is 15.1. The molecule has 0 saturated carbocycles. The van der Waals surface area contributed by atoms with Gasteiger partial charge in [-0.05, 0) is 102 Å². The fourth-order valence-electron chi connectivity index (χ4n) is 6.30. The molecule has 0 atom stereocenters. The van der Waals surface area contributed by atoms with Crippen LogP contribution in [0.25, 0.3) is 66.1 Å². The first-order chi connectivity index (χ1) is 31.6. The monoisotopic (exact) mass is 664 g/mol. The highest BCUT2D eigenvalue weighted by Crippen LogP contribution is 2.41. The molecule has 0 aliphatic rings. The molecule has 0 spiro atoms. The van der Waals surface area contributed by atoms with Crippen LogP contribution in [-0.4, -0.2) is 0 Å². The predicted octanol–water partition coefficient (Wildman–Crippen LogP) is 14.1. The number of rotatable bonds is 7. The molecule has 0 amide bonds. The Morgan fingerprint density at radius 2 is 0.922 bits per heavy atom. The predicted molar refractivity (Wildman–Crippen MR) is 218 cm³/mol. The van der Waals surface area contributed by atoms with E-state index in [0.717, 1.165) is 37.9 Å². The zero-order valence-corrected chi connectivity index (χ0v) is 27.0. The fourth-order valence-corrected chi connectivity index (χ4v) is 6.30. The molecule has 1 heteroatoms. The Balaban J connectivity index is 1.34. The molecule has 1 nitrogen and oxygen atoms in total. The van der Waals surface area contributed by atoms with Crippen molar-refractivity contribution >= 4 is 38.6 Å². The van der Waals surface area contributed by atoms with E-state index in [1.807, 2.05) is 66.7 Å². The van der Waals surface area contributed by atoms with Crippen molar-refractivity contribution in [2.24, 2.45) is 0 Å². The topological polar surface area (TPSA) is 3.24 Å². The van der Waals surface area contributed by atoms with Crippen LogP contribution in [0.3, 0.4) is 0 Å². The van der Waals surface area contributed by atoms with Gasteiger partial charge < -0.3 is 4.90 Å². The zero-order valence-electron chi connectivity index (χ0n) is 42.0. The zero-order chi connectivity index (χ0) is 47.0. The summed E-state index contributed by atoms with van der Waals surface area (Å²) in [6, 6.07) is 27.1. The molecule has 0 aliphatic carbocycles. The first-order valence-corrected chi connectivity index (χ1v) is 16.3. The van der Waals surface area contributed by atoms with E-state index in [1.165, 1.54) is 0 Å². The summed E-state index contributed by atoms with van der Waals surface area (Å²) in [5, 5.41) is 1.09. The maximum absolute atomic E-state index is 9.57. The lowest BCUT2D eigenvalue weighted by atomic mass is 9.89. The minimum Gasteiger partial charge on any atom is -0.311 e. The third kappa shape index (κ3) is 5.86. The van der Waals surface area contributed by atoms with Crippen LogP contribution in [0.1, 0.15) is 20.6 Å². The Bertz CT molecular complexity index is 3400. The summed E-state index contributed by atoms with van der Waals surface area (Å²) in [5.41, 5.74) is 2.19. The third-order valence-electron chi connectivity index (χ3n) is 8.72. The van der Waals surface area contributed by atoms with Gasteiger partial charge in [0, 0.05) is 17.1 Å². The van der Waals surface area contributed by atoms with Crippen LogP contribution in [0.4, 0.5) is 17.1 Å². The number of hydrogen-bond donors (Lipinski definition) is 0. The van der Waals surface area contributed by atoms with E-state index in [9.17, 15) is 11.0 Å². The number of anilines is 3. The van der Waals surface area contributed by atoms with E-state index in [-0.39, 0.29) is 16.9 Å². The molecular weight excluding hydrogens is 615 g/mol. The van der Waals surface area contributed by atoms with Crippen molar-refractivity contribution in [1.82, 2.24) is 0 Å². The minimum absolute atomic E-state index is 0.00685. The molecule has 0 bridgehead atoms. The Morgan fingerprint density at radius 3 is 1.65 bits per heavy atom. The van der Waals surface area contributed by atoms with E-state index in [1.54, 1.807) is 54.6 Å². The summed E-state index contributed by atoms with van der Waals surface area (Å²) >= 11 is 0. The molecule has 0 saturated heterocycles. The highest BCUT2D eigenvalue weighted by molar-refractivity contribution is 6.04. The fraction of sp³-hybridized carbons (Fsp3) is 0. The second kappa shape index (κ2) is 13.3. The summed E-state index contributed by atoms with van der Waals surface area (Å²) in [4.78, 5) is 1.15. The van der Waals surface area contributed by atoms with Gasteiger partial charge in [0.05, 0.1) is 20.6 Å². The number of benzene rings is 9. The SMILES string of the molecule is [2H]c1c([2H])c(N(c2ccc(-c3c(-c4ccccc4)ccc4ccccc34)cc2)c2c([2H])c([2H])c(-c3c([2H])c([2H])c([2H])c4c([2H])c([2H])c([2H])c([2H])c34)c([2H])c2[2H])c([2H])c([2H])c1-c1ccccc1.